The largest absolute Gasteiger partial charge is 0.465 e. The minimum atomic E-state index is -0.444. The number of hydrogen-bond donors (Lipinski definition) is 0. The summed E-state index contributed by atoms with van der Waals surface area (Å²) < 4.78 is 11.6. The van der Waals surface area contributed by atoms with Crippen molar-refractivity contribution in [3.05, 3.63) is 21.2 Å². The molecular formula is C9H7IO3. The van der Waals surface area contributed by atoms with Gasteiger partial charge in [-0.2, -0.15) is 0 Å². The van der Waals surface area contributed by atoms with Crippen LogP contribution >= 0.6 is 22.6 Å². The van der Waals surface area contributed by atoms with Crippen LogP contribution in [-0.4, -0.2) is 12.6 Å². The molecule has 1 aromatic rings. The minimum absolute atomic E-state index is 0.111. The molecular weight excluding hydrogens is 283 g/mol. The van der Waals surface area contributed by atoms with E-state index in [0.717, 1.165) is 21.5 Å². The molecule has 13 heavy (non-hydrogen) atoms. The molecule has 68 valence electrons. The van der Waals surface area contributed by atoms with E-state index in [9.17, 15) is 4.79 Å². The van der Waals surface area contributed by atoms with Gasteiger partial charge in [-0.15, -0.1) is 0 Å². The summed E-state index contributed by atoms with van der Waals surface area (Å²) in [6, 6.07) is 1.99. The van der Waals surface area contributed by atoms with E-state index in [2.05, 4.69) is 22.6 Å². The van der Waals surface area contributed by atoms with Crippen molar-refractivity contribution >= 4 is 28.6 Å². The summed E-state index contributed by atoms with van der Waals surface area (Å²) in [5, 5.41) is 0. The molecule has 0 aliphatic carbocycles. The van der Waals surface area contributed by atoms with E-state index in [1.807, 2.05) is 6.07 Å². The van der Waals surface area contributed by atoms with E-state index in [1.165, 1.54) is 0 Å². The molecule has 1 unspecified atom stereocenters. The number of rotatable bonds is 0. The van der Waals surface area contributed by atoms with Crippen molar-refractivity contribution in [2.45, 2.75) is 18.3 Å². The van der Waals surface area contributed by atoms with Gasteiger partial charge in [-0.1, -0.05) is 0 Å². The number of fused-ring (bicyclic) bond motifs is 3. The maximum atomic E-state index is 11.6. The molecule has 0 aromatic carbocycles. The lowest BCUT2D eigenvalue weighted by Gasteiger charge is -2.17. The van der Waals surface area contributed by atoms with Crippen LogP contribution in [-0.2, 0) is 21.4 Å². The monoisotopic (exact) mass is 290 g/mol. The van der Waals surface area contributed by atoms with Gasteiger partial charge >= 0.3 is 5.97 Å². The van der Waals surface area contributed by atoms with Gasteiger partial charge in [0.25, 0.3) is 0 Å². The molecule has 1 fully saturated rings. The van der Waals surface area contributed by atoms with Crippen molar-refractivity contribution < 1.29 is 13.9 Å². The van der Waals surface area contributed by atoms with Gasteiger partial charge in [-0.05, 0) is 28.7 Å². The Labute approximate surface area is 88.6 Å². The predicted molar refractivity (Wildman–Crippen MR) is 52.4 cm³/mol. The van der Waals surface area contributed by atoms with Crippen LogP contribution in [0.4, 0.5) is 0 Å². The summed E-state index contributed by atoms with van der Waals surface area (Å²) in [4.78, 5) is 11.6. The van der Waals surface area contributed by atoms with E-state index in [1.54, 1.807) is 0 Å². The van der Waals surface area contributed by atoms with Crippen molar-refractivity contribution in [1.29, 1.82) is 0 Å². The Balaban J connectivity index is 2.18. The zero-order valence-corrected chi connectivity index (χ0v) is 8.96. The van der Waals surface area contributed by atoms with E-state index in [0.29, 0.717) is 13.0 Å². The first-order valence-corrected chi connectivity index (χ1v) is 5.26. The lowest BCUT2D eigenvalue weighted by atomic mass is 9.79. The summed E-state index contributed by atoms with van der Waals surface area (Å²) in [5.74, 6) is 1.63. The first-order chi connectivity index (χ1) is 6.22. The molecule has 1 saturated heterocycles. The van der Waals surface area contributed by atoms with Gasteiger partial charge < -0.3 is 9.15 Å². The van der Waals surface area contributed by atoms with Crippen molar-refractivity contribution in [3.63, 3.8) is 0 Å². The molecule has 2 aliphatic heterocycles. The SMILES string of the molecule is O=C1OCCC12Cc1cc(I)c2o1. The second-order valence-electron chi connectivity index (χ2n) is 3.53. The van der Waals surface area contributed by atoms with Crippen molar-refractivity contribution in [2.75, 3.05) is 6.61 Å². The van der Waals surface area contributed by atoms with Gasteiger partial charge in [0.2, 0.25) is 0 Å². The third kappa shape index (κ3) is 0.820. The maximum Gasteiger partial charge on any atom is 0.320 e. The van der Waals surface area contributed by atoms with Crippen molar-refractivity contribution in [3.8, 4) is 0 Å². The van der Waals surface area contributed by atoms with Crippen LogP contribution in [0.1, 0.15) is 17.9 Å². The second kappa shape index (κ2) is 2.29. The smallest absolute Gasteiger partial charge is 0.320 e. The predicted octanol–water partition coefficient (Wildman–Crippen LogP) is 1.63. The summed E-state index contributed by atoms with van der Waals surface area (Å²) >= 11 is 2.20. The Morgan fingerprint density at radius 1 is 1.54 bits per heavy atom. The molecule has 3 nitrogen and oxygen atoms in total. The number of carbonyl (C=O) groups excluding carboxylic acids is 1. The van der Waals surface area contributed by atoms with Crippen LogP contribution < -0.4 is 0 Å². The van der Waals surface area contributed by atoms with E-state index in [-0.39, 0.29) is 5.97 Å². The van der Waals surface area contributed by atoms with Gasteiger partial charge in [0.05, 0.1) is 10.2 Å². The normalized spacial score (nSPS) is 30.1. The molecule has 3 rings (SSSR count). The summed E-state index contributed by atoms with van der Waals surface area (Å²) in [7, 11) is 0. The van der Waals surface area contributed by atoms with E-state index >= 15 is 0 Å². The Kier molecular flexibility index (Phi) is 1.38. The molecule has 2 bridgehead atoms. The molecule has 4 heteroatoms. The van der Waals surface area contributed by atoms with Crippen molar-refractivity contribution in [1.82, 2.24) is 0 Å². The Morgan fingerprint density at radius 2 is 2.38 bits per heavy atom. The summed E-state index contributed by atoms with van der Waals surface area (Å²) in [6.45, 7) is 0.531. The number of cyclic esters (lactones) is 1. The molecule has 1 atom stereocenters. The van der Waals surface area contributed by atoms with Crippen molar-refractivity contribution in [2.24, 2.45) is 0 Å². The standard InChI is InChI=1S/C9H7IO3/c10-6-3-5-4-9(7(6)13-5)1-2-12-8(9)11/h3H,1-2,4H2. The van der Waals surface area contributed by atoms with Gasteiger partial charge in [-0.25, -0.2) is 0 Å². The topological polar surface area (TPSA) is 39.4 Å². The van der Waals surface area contributed by atoms with E-state index in [4.69, 9.17) is 9.15 Å². The van der Waals surface area contributed by atoms with Gasteiger partial charge in [0.15, 0.2) is 0 Å². The van der Waals surface area contributed by atoms with Crippen LogP contribution in [0.25, 0.3) is 0 Å². The maximum absolute atomic E-state index is 11.6. The highest BCUT2D eigenvalue weighted by molar-refractivity contribution is 14.1. The molecule has 0 radical (unpaired) electrons. The molecule has 0 saturated carbocycles. The first kappa shape index (κ1) is 7.84. The summed E-state index contributed by atoms with van der Waals surface area (Å²) in [5.41, 5.74) is -0.444. The molecule has 1 aromatic heterocycles. The lowest BCUT2D eigenvalue weighted by molar-refractivity contribution is -0.142. The molecule has 3 heterocycles. The number of carbonyl (C=O) groups is 1. The van der Waals surface area contributed by atoms with Crippen LogP contribution in [0.2, 0.25) is 0 Å². The average Bonchev–Trinajstić information content (AvgIpc) is 2.69. The highest BCUT2D eigenvalue weighted by Crippen LogP contribution is 2.46. The number of hydrogen-bond acceptors (Lipinski definition) is 3. The number of furan rings is 1. The minimum Gasteiger partial charge on any atom is -0.465 e. The van der Waals surface area contributed by atoms with E-state index < -0.39 is 5.41 Å². The molecule has 1 spiro atoms. The number of esters is 1. The fourth-order valence-corrected chi connectivity index (χ4v) is 3.11. The molecule has 0 amide bonds. The van der Waals surface area contributed by atoms with Gasteiger partial charge in [0, 0.05) is 12.8 Å². The Hall–Kier alpha value is -0.520. The average molecular weight is 290 g/mol. The molecule has 0 N–H and O–H groups in total. The zero-order valence-electron chi connectivity index (χ0n) is 6.80. The fourth-order valence-electron chi connectivity index (χ4n) is 2.13. The van der Waals surface area contributed by atoms with Crippen LogP contribution in [0.3, 0.4) is 0 Å². The van der Waals surface area contributed by atoms with Crippen LogP contribution in [0, 0.1) is 3.57 Å². The lowest BCUT2D eigenvalue weighted by Crippen LogP contribution is -2.32. The quantitative estimate of drug-likeness (QED) is 0.538. The van der Waals surface area contributed by atoms with Crippen LogP contribution in [0.15, 0.2) is 10.5 Å². The zero-order chi connectivity index (χ0) is 9.05. The second-order valence-corrected chi connectivity index (χ2v) is 4.70. The number of ether oxygens (including phenoxy) is 1. The third-order valence-corrected chi connectivity index (χ3v) is 3.60. The highest BCUT2D eigenvalue weighted by atomic mass is 127. The Morgan fingerprint density at radius 3 is 2.92 bits per heavy atom. The fraction of sp³-hybridized carbons (Fsp3) is 0.444. The number of halogens is 1. The molecule has 2 aliphatic rings. The Bertz CT molecular complexity index is 396. The summed E-state index contributed by atoms with van der Waals surface area (Å²) in [6.07, 6.45) is 1.47. The highest BCUT2D eigenvalue weighted by Gasteiger charge is 2.54. The van der Waals surface area contributed by atoms with Crippen LogP contribution in [0.5, 0.6) is 0 Å². The third-order valence-electron chi connectivity index (χ3n) is 2.80. The van der Waals surface area contributed by atoms with Gasteiger partial charge in [-0.3, -0.25) is 4.79 Å². The van der Waals surface area contributed by atoms with Gasteiger partial charge in [0.1, 0.15) is 16.9 Å². The first-order valence-electron chi connectivity index (χ1n) is 4.18.